The van der Waals surface area contributed by atoms with Crippen molar-refractivity contribution in [2.24, 2.45) is 5.92 Å². The molecule has 1 N–H and O–H groups in total. The Balaban J connectivity index is 1.66. The van der Waals surface area contributed by atoms with Crippen LogP contribution in [0.1, 0.15) is 25.3 Å². The largest absolute Gasteiger partial charge is 0.497 e. The van der Waals surface area contributed by atoms with Crippen LogP contribution in [0.5, 0.6) is 5.75 Å². The molecule has 7 nitrogen and oxygen atoms in total. The minimum Gasteiger partial charge on any atom is -0.497 e. The standard InChI is InChI=1S/C22H28FN3O4S/c1-3-26(20-10-12-21(30-2)13-11-20)31(28,29)25-14-4-5-18(16-25)22(27)24-15-17-6-8-19(23)9-7-17/h6-13,18H,3-5,14-16H2,1-2H3,(H,24,27)/t18-/m0/s1. The second-order valence-corrected chi connectivity index (χ2v) is 9.26. The van der Waals surface area contributed by atoms with E-state index in [4.69, 9.17) is 4.74 Å². The molecule has 1 fully saturated rings. The van der Waals surface area contributed by atoms with Crippen LogP contribution in [0.25, 0.3) is 0 Å². The van der Waals surface area contributed by atoms with Crippen molar-refractivity contribution < 1.29 is 22.3 Å². The smallest absolute Gasteiger partial charge is 0.304 e. The van der Waals surface area contributed by atoms with Crippen molar-refractivity contribution in [2.45, 2.75) is 26.3 Å². The Bertz CT molecular complexity index is 981. The van der Waals surface area contributed by atoms with E-state index in [-0.39, 0.29) is 31.4 Å². The maximum absolute atomic E-state index is 13.3. The number of benzene rings is 2. The van der Waals surface area contributed by atoms with Gasteiger partial charge in [-0.3, -0.25) is 9.10 Å². The van der Waals surface area contributed by atoms with Crippen LogP contribution in [0, 0.1) is 11.7 Å². The van der Waals surface area contributed by atoms with Gasteiger partial charge in [-0.2, -0.15) is 12.7 Å². The minimum absolute atomic E-state index is 0.129. The Morgan fingerprint density at radius 2 is 1.87 bits per heavy atom. The van der Waals surface area contributed by atoms with Crippen molar-refractivity contribution in [1.29, 1.82) is 0 Å². The highest BCUT2D eigenvalue weighted by Crippen LogP contribution is 2.26. The molecular weight excluding hydrogens is 421 g/mol. The molecule has 1 atom stereocenters. The average Bonchev–Trinajstić information content (AvgIpc) is 2.79. The lowest BCUT2D eigenvalue weighted by atomic mass is 9.99. The Morgan fingerprint density at radius 3 is 2.48 bits per heavy atom. The van der Waals surface area contributed by atoms with Gasteiger partial charge in [0.15, 0.2) is 0 Å². The molecule has 9 heteroatoms. The second-order valence-electron chi connectivity index (χ2n) is 7.41. The van der Waals surface area contributed by atoms with E-state index in [0.29, 0.717) is 30.8 Å². The topological polar surface area (TPSA) is 79.0 Å². The highest BCUT2D eigenvalue weighted by molar-refractivity contribution is 7.90. The number of nitrogens with one attached hydrogen (secondary N) is 1. The van der Waals surface area contributed by atoms with Crippen LogP contribution in [-0.2, 0) is 21.5 Å². The van der Waals surface area contributed by atoms with Gasteiger partial charge in [0.1, 0.15) is 11.6 Å². The minimum atomic E-state index is -3.78. The molecule has 0 saturated carbocycles. The van der Waals surface area contributed by atoms with Crippen LogP contribution < -0.4 is 14.4 Å². The molecule has 0 aliphatic carbocycles. The van der Waals surface area contributed by atoms with Gasteiger partial charge in [0.2, 0.25) is 5.91 Å². The van der Waals surface area contributed by atoms with Crippen molar-refractivity contribution in [2.75, 3.05) is 31.0 Å². The van der Waals surface area contributed by atoms with E-state index < -0.39 is 16.1 Å². The summed E-state index contributed by atoms with van der Waals surface area (Å²) < 4.78 is 47.5. The van der Waals surface area contributed by atoms with Crippen molar-refractivity contribution in [3.05, 3.63) is 59.9 Å². The Kier molecular flexibility index (Phi) is 7.50. The zero-order chi connectivity index (χ0) is 22.4. The first kappa shape index (κ1) is 23.0. The average molecular weight is 450 g/mol. The van der Waals surface area contributed by atoms with Crippen LogP contribution in [0.4, 0.5) is 10.1 Å². The molecule has 168 valence electrons. The lowest BCUT2D eigenvalue weighted by molar-refractivity contribution is -0.126. The number of hydrogen-bond acceptors (Lipinski definition) is 4. The summed E-state index contributed by atoms with van der Waals surface area (Å²) in [7, 11) is -2.23. The fourth-order valence-electron chi connectivity index (χ4n) is 3.67. The van der Waals surface area contributed by atoms with Gasteiger partial charge in [0, 0.05) is 26.2 Å². The molecule has 2 aromatic carbocycles. The lowest BCUT2D eigenvalue weighted by Crippen LogP contribution is -2.50. The molecule has 0 aromatic heterocycles. The number of carbonyl (C=O) groups is 1. The maximum Gasteiger partial charge on any atom is 0.304 e. The molecule has 3 rings (SSSR count). The van der Waals surface area contributed by atoms with Gasteiger partial charge in [-0.15, -0.1) is 0 Å². The van der Waals surface area contributed by atoms with E-state index in [1.165, 1.54) is 20.7 Å². The molecule has 1 heterocycles. The molecule has 31 heavy (non-hydrogen) atoms. The summed E-state index contributed by atoms with van der Waals surface area (Å²) in [4.78, 5) is 12.7. The molecule has 1 saturated heterocycles. The Hall–Kier alpha value is -2.65. The van der Waals surface area contributed by atoms with Crippen LogP contribution >= 0.6 is 0 Å². The van der Waals surface area contributed by atoms with Gasteiger partial charge in [-0.1, -0.05) is 12.1 Å². The van der Waals surface area contributed by atoms with Crippen LogP contribution in [0.15, 0.2) is 48.5 Å². The summed E-state index contributed by atoms with van der Waals surface area (Å²) >= 11 is 0. The number of piperidine rings is 1. The van der Waals surface area contributed by atoms with Gasteiger partial charge in [-0.05, 0) is 61.7 Å². The predicted molar refractivity (Wildman–Crippen MR) is 117 cm³/mol. The number of halogens is 1. The number of ether oxygens (including phenoxy) is 1. The highest BCUT2D eigenvalue weighted by atomic mass is 32.2. The molecule has 0 radical (unpaired) electrons. The molecule has 1 aliphatic rings. The van der Waals surface area contributed by atoms with Crippen molar-refractivity contribution in [3.8, 4) is 5.75 Å². The normalized spacial score (nSPS) is 17.2. The molecule has 0 bridgehead atoms. The van der Waals surface area contributed by atoms with Gasteiger partial charge >= 0.3 is 10.2 Å². The number of methoxy groups -OCH3 is 1. The first-order chi connectivity index (χ1) is 14.8. The fraction of sp³-hybridized carbons (Fsp3) is 0.409. The summed E-state index contributed by atoms with van der Waals surface area (Å²) in [5.41, 5.74) is 1.33. The molecule has 1 amide bonds. The van der Waals surface area contributed by atoms with Crippen LogP contribution in [0.2, 0.25) is 0 Å². The molecule has 0 unspecified atom stereocenters. The molecule has 2 aromatic rings. The van der Waals surface area contributed by atoms with Crippen molar-refractivity contribution in [1.82, 2.24) is 9.62 Å². The molecular formula is C22H28FN3O4S. The van der Waals surface area contributed by atoms with E-state index in [9.17, 15) is 17.6 Å². The zero-order valence-corrected chi connectivity index (χ0v) is 18.6. The summed E-state index contributed by atoms with van der Waals surface area (Å²) in [6.45, 7) is 2.82. The van der Waals surface area contributed by atoms with E-state index in [0.717, 1.165) is 5.56 Å². The third-order valence-corrected chi connectivity index (χ3v) is 7.40. The molecule has 0 spiro atoms. The Morgan fingerprint density at radius 1 is 1.19 bits per heavy atom. The van der Waals surface area contributed by atoms with E-state index in [2.05, 4.69) is 5.32 Å². The number of nitrogens with zero attached hydrogens (tertiary/aromatic N) is 2. The van der Waals surface area contributed by atoms with Crippen LogP contribution in [-0.4, -0.2) is 45.4 Å². The van der Waals surface area contributed by atoms with Crippen molar-refractivity contribution in [3.63, 3.8) is 0 Å². The number of rotatable bonds is 8. The predicted octanol–water partition coefficient (Wildman–Crippen LogP) is 2.93. The third kappa shape index (κ3) is 5.54. The SMILES string of the molecule is CCN(c1ccc(OC)cc1)S(=O)(=O)N1CCC[C@H](C(=O)NCc2ccc(F)cc2)C1. The van der Waals surface area contributed by atoms with Crippen molar-refractivity contribution >= 4 is 21.8 Å². The lowest BCUT2D eigenvalue weighted by Gasteiger charge is -2.35. The van der Waals surface area contributed by atoms with Gasteiger partial charge < -0.3 is 10.1 Å². The van der Waals surface area contributed by atoms with Crippen LogP contribution in [0.3, 0.4) is 0 Å². The monoisotopic (exact) mass is 449 g/mol. The Labute approximate surface area is 183 Å². The van der Waals surface area contributed by atoms with E-state index in [1.807, 2.05) is 0 Å². The zero-order valence-electron chi connectivity index (χ0n) is 17.8. The maximum atomic E-state index is 13.3. The van der Waals surface area contributed by atoms with Gasteiger partial charge in [0.25, 0.3) is 0 Å². The fourth-order valence-corrected chi connectivity index (χ4v) is 5.39. The summed E-state index contributed by atoms with van der Waals surface area (Å²) in [6.07, 6.45) is 1.23. The van der Waals surface area contributed by atoms with E-state index in [1.54, 1.807) is 50.4 Å². The first-order valence-corrected chi connectivity index (χ1v) is 11.7. The van der Waals surface area contributed by atoms with E-state index >= 15 is 0 Å². The summed E-state index contributed by atoms with van der Waals surface area (Å²) in [5, 5.41) is 2.84. The summed E-state index contributed by atoms with van der Waals surface area (Å²) in [5.74, 6) is -0.316. The number of anilines is 1. The van der Waals surface area contributed by atoms with Gasteiger partial charge in [-0.25, -0.2) is 4.39 Å². The second kappa shape index (κ2) is 10.1. The number of carbonyl (C=O) groups excluding carboxylic acids is 1. The number of hydrogen-bond donors (Lipinski definition) is 1. The third-order valence-electron chi connectivity index (χ3n) is 5.39. The summed E-state index contributed by atoms with van der Waals surface area (Å²) in [6, 6.07) is 12.8. The highest BCUT2D eigenvalue weighted by Gasteiger charge is 2.35. The quantitative estimate of drug-likeness (QED) is 0.672. The first-order valence-electron chi connectivity index (χ1n) is 10.3. The molecule has 1 aliphatic heterocycles. The number of amides is 1. The van der Waals surface area contributed by atoms with Gasteiger partial charge in [0.05, 0.1) is 18.7 Å².